The maximum atomic E-state index is 3.60. The van der Waals surface area contributed by atoms with E-state index in [9.17, 15) is 0 Å². The molecule has 0 nitrogen and oxygen atoms in total. The molecule has 2 aliphatic rings. The zero-order chi connectivity index (χ0) is 7.68. The molecule has 0 saturated heterocycles. The van der Waals surface area contributed by atoms with E-state index in [2.05, 4.69) is 22.0 Å². The van der Waals surface area contributed by atoms with Gasteiger partial charge in [-0.15, -0.1) is 0 Å². The van der Waals surface area contributed by atoms with Crippen molar-refractivity contribution in [1.29, 1.82) is 0 Å². The Balaban J connectivity index is 2.13. The highest BCUT2D eigenvalue weighted by atomic mass is 79.9. The molecule has 1 heteroatoms. The molecule has 2 rings (SSSR count). The summed E-state index contributed by atoms with van der Waals surface area (Å²) in [6.45, 7) is 0. The molecule has 0 radical (unpaired) electrons. The topological polar surface area (TPSA) is 0 Å². The predicted octanol–water partition coefficient (Wildman–Crippen LogP) is 3.52. The van der Waals surface area contributed by atoms with Gasteiger partial charge in [-0.05, 0) is 43.9 Å². The summed E-state index contributed by atoms with van der Waals surface area (Å²) in [6, 6.07) is 0. The minimum absolute atomic E-state index is 0.889. The first-order valence-electron chi connectivity index (χ1n) is 4.67. The average molecular weight is 215 g/mol. The van der Waals surface area contributed by atoms with E-state index in [1.807, 2.05) is 0 Å². The number of rotatable bonds is 1. The molecule has 0 spiro atoms. The smallest absolute Gasteiger partial charge is 0.00970 e. The van der Waals surface area contributed by atoms with Crippen LogP contribution >= 0.6 is 15.9 Å². The van der Waals surface area contributed by atoms with Gasteiger partial charge in [-0.1, -0.05) is 27.6 Å². The average Bonchev–Trinajstić information content (AvgIpc) is 2.47. The second-order valence-corrected chi connectivity index (χ2v) is 4.41. The van der Waals surface area contributed by atoms with Gasteiger partial charge in [-0.25, -0.2) is 0 Å². The predicted molar refractivity (Wildman–Crippen MR) is 51.9 cm³/mol. The quantitative estimate of drug-likeness (QED) is 0.463. The van der Waals surface area contributed by atoms with Gasteiger partial charge >= 0.3 is 0 Å². The molecule has 2 aliphatic carbocycles. The maximum Gasteiger partial charge on any atom is 0.00970 e. The molecule has 2 atom stereocenters. The minimum atomic E-state index is 0.889. The van der Waals surface area contributed by atoms with Crippen molar-refractivity contribution in [2.24, 2.45) is 11.8 Å². The van der Waals surface area contributed by atoms with Gasteiger partial charge in [0, 0.05) is 5.33 Å². The standard InChI is InChI=1S/C10H15Br/c11-7-9-6-5-8-3-1-2-4-10(8)9/h4,8-9H,1-3,5-7H2/t8-,9+/m1/s1. The van der Waals surface area contributed by atoms with Crippen molar-refractivity contribution >= 4 is 15.9 Å². The van der Waals surface area contributed by atoms with Gasteiger partial charge in [0.2, 0.25) is 0 Å². The normalized spacial score (nSPS) is 36.6. The summed E-state index contributed by atoms with van der Waals surface area (Å²) < 4.78 is 0. The zero-order valence-corrected chi connectivity index (χ0v) is 8.44. The van der Waals surface area contributed by atoms with E-state index < -0.39 is 0 Å². The van der Waals surface area contributed by atoms with E-state index in [0.717, 1.165) is 11.8 Å². The number of halogens is 1. The summed E-state index contributed by atoms with van der Waals surface area (Å²) in [5.74, 6) is 1.87. The Bertz CT molecular complexity index is 172. The van der Waals surface area contributed by atoms with E-state index in [1.54, 1.807) is 5.57 Å². The fraction of sp³-hybridized carbons (Fsp3) is 0.800. The Morgan fingerprint density at radius 3 is 3.09 bits per heavy atom. The van der Waals surface area contributed by atoms with Crippen LogP contribution in [0.4, 0.5) is 0 Å². The second kappa shape index (κ2) is 3.30. The molecule has 0 heterocycles. The van der Waals surface area contributed by atoms with E-state index in [-0.39, 0.29) is 0 Å². The molecular formula is C10H15Br. The summed E-state index contributed by atoms with van der Waals surface area (Å²) in [5, 5.41) is 1.19. The largest absolute Gasteiger partial charge is 0.0922 e. The van der Waals surface area contributed by atoms with Crippen LogP contribution in [0.2, 0.25) is 0 Å². The van der Waals surface area contributed by atoms with Crippen LogP contribution in [0, 0.1) is 11.8 Å². The SMILES string of the molecule is BrC[C@@H]1CC[C@H]2CCCC=C21. The number of hydrogen-bond acceptors (Lipinski definition) is 0. The maximum absolute atomic E-state index is 3.60. The van der Waals surface area contributed by atoms with E-state index in [0.29, 0.717) is 0 Å². The number of allylic oxidation sites excluding steroid dienone is 2. The van der Waals surface area contributed by atoms with Crippen molar-refractivity contribution in [3.63, 3.8) is 0 Å². The van der Waals surface area contributed by atoms with Gasteiger partial charge in [-0.2, -0.15) is 0 Å². The summed E-state index contributed by atoms with van der Waals surface area (Å²) in [5.41, 5.74) is 1.79. The number of alkyl halides is 1. The highest BCUT2D eigenvalue weighted by Crippen LogP contribution is 2.42. The van der Waals surface area contributed by atoms with Crippen LogP contribution < -0.4 is 0 Å². The van der Waals surface area contributed by atoms with Gasteiger partial charge < -0.3 is 0 Å². The third kappa shape index (κ3) is 1.40. The first kappa shape index (κ1) is 7.85. The van der Waals surface area contributed by atoms with Gasteiger partial charge in [0.25, 0.3) is 0 Å². The first-order chi connectivity index (χ1) is 5.42. The third-order valence-electron chi connectivity index (χ3n) is 3.13. The molecule has 1 fully saturated rings. The van der Waals surface area contributed by atoms with Crippen LogP contribution in [0.3, 0.4) is 0 Å². The second-order valence-electron chi connectivity index (χ2n) is 3.76. The van der Waals surface area contributed by atoms with Gasteiger partial charge in [-0.3, -0.25) is 0 Å². The lowest BCUT2D eigenvalue weighted by Crippen LogP contribution is -2.07. The molecule has 11 heavy (non-hydrogen) atoms. The molecule has 0 aromatic rings. The molecule has 0 amide bonds. The monoisotopic (exact) mass is 214 g/mol. The lowest BCUT2D eigenvalue weighted by molar-refractivity contribution is 0.525. The highest BCUT2D eigenvalue weighted by molar-refractivity contribution is 9.09. The fourth-order valence-electron chi connectivity index (χ4n) is 2.51. The Kier molecular flexibility index (Phi) is 2.36. The Labute approximate surface area is 77.2 Å². The number of hydrogen-bond donors (Lipinski definition) is 0. The van der Waals surface area contributed by atoms with Crippen LogP contribution in [-0.2, 0) is 0 Å². The molecule has 1 saturated carbocycles. The molecule has 62 valence electrons. The molecule has 0 aliphatic heterocycles. The van der Waals surface area contributed by atoms with E-state index in [4.69, 9.17) is 0 Å². The summed E-state index contributed by atoms with van der Waals surface area (Å²) in [4.78, 5) is 0. The van der Waals surface area contributed by atoms with Crippen LogP contribution in [0.25, 0.3) is 0 Å². The molecule has 0 bridgehead atoms. The molecular weight excluding hydrogens is 200 g/mol. The van der Waals surface area contributed by atoms with Gasteiger partial charge in [0.15, 0.2) is 0 Å². The lowest BCUT2D eigenvalue weighted by atomic mass is 9.88. The first-order valence-corrected chi connectivity index (χ1v) is 5.80. The van der Waals surface area contributed by atoms with E-state index in [1.165, 1.54) is 37.4 Å². The van der Waals surface area contributed by atoms with Crippen LogP contribution in [-0.4, -0.2) is 5.33 Å². The van der Waals surface area contributed by atoms with Crippen molar-refractivity contribution in [2.45, 2.75) is 32.1 Å². The van der Waals surface area contributed by atoms with E-state index >= 15 is 0 Å². The van der Waals surface area contributed by atoms with Crippen molar-refractivity contribution in [3.8, 4) is 0 Å². The van der Waals surface area contributed by atoms with Crippen molar-refractivity contribution in [3.05, 3.63) is 11.6 Å². The van der Waals surface area contributed by atoms with Crippen LogP contribution in [0.15, 0.2) is 11.6 Å². The lowest BCUT2D eigenvalue weighted by Gasteiger charge is -2.19. The zero-order valence-electron chi connectivity index (χ0n) is 6.85. The highest BCUT2D eigenvalue weighted by Gasteiger charge is 2.30. The van der Waals surface area contributed by atoms with Gasteiger partial charge in [0.1, 0.15) is 0 Å². The van der Waals surface area contributed by atoms with Crippen molar-refractivity contribution < 1.29 is 0 Å². The summed E-state index contributed by atoms with van der Waals surface area (Å²) >= 11 is 3.60. The van der Waals surface area contributed by atoms with Crippen LogP contribution in [0.1, 0.15) is 32.1 Å². The van der Waals surface area contributed by atoms with Crippen molar-refractivity contribution in [1.82, 2.24) is 0 Å². The molecule has 0 aromatic carbocycles. The fourth-order valence-corrected chi connectivity index (χ4v) is 3.21. The Hall–Kier alpha value is 0.220. The third-order valence-corrected chi connectivity index (χ3v) is 3.91. The van der Waals surface area contributed by atoms with Gasteiger partial charge in [0.05, 0.1) is 0 Å². The molecule has 0 N–H and O–H groups in total. The van der Waals surface area contributed by atoms with Crippen molar-refractivity contribution in [2.75, 3.05) is 5.33 Å². The Morgan fingerprint density at radius 1 is 1.36 bits per heavy atom. The minimum Gasteiger partial charge on any atom is -0.0922 e. The summed E-state index contributed by atoms with van der Waals surface area (Å²) in [7, 11) is 0. The number of fused-ring (bicyclic) bond motifs is 1. The molecule has 0 unspecified atom stereocenters. The Morgan fingerprint density at radius 2 is 2.27 bits per heavy atom. The summed E-state index contributed by atoms with van der Waals surface area (Å²) in [6.07, 6.45) is 9.64. The van der Waals surface area contributed by atoms with Crippen LogP contribution in [0.5, 0.6) is 0 Å². The molecule has 0 aromatic heterocycles.